The smallest absolute Gasteiger partial charge is 0.261 e. The van der Waals surface area contributed by atoms with Crippen molar-refractivity contribution in [3.05, 3.63) is 57.1 Å². The Morgan fingerprint density at radius 2 is 1.82 bits per heavy atom. The van der Waals surface area contributed by atoms with Crippen LogP contribution in [0.15, 0.2) is 30.3 Å². The van der Waals surface area contributed by atoms with Gasteiger partial charge < -0.3 is 4.90 Å². The van der Waals surface area contributed by atoms with Crippen molar-refractivity contribution < 1.29 is 4.79 Å². The molecule has 0 saturated heterocycles. The molecule has 0 bridgehead atoms. The van der Waals surface area contributed by atoms with Gasteiger partial charge in [-0.15, -0.1) is 12.4 Å². The number of fused-ring (bicyclic) bond motifs is 1. The van der Waals surface area contributed by atoms with Crippen LogP contribution in [-0.2, 0) is 0 Å². The van der Waals surface area contributed by atoms with Crippen LogP contribution in [0.1, 0.15) is 21.5 Å². The van der Waals surface area contributed by atoms with Gasteiger partial charge in [0.15, 0.2) is 5.13 Å². The summed E-state index contributed by atoms with van der Waals surface area (Å²) in [7, 11) is 3.95. The predicted molar refractivity (Wildman–Crippen MR) is 123 cm³/mol. The lowest BCUT2D eigenvalue weighted by Gasteiger charge is -2.22. The molecule has 150 valence electrons. The average Bonchev–Trinajstić information content (AvgIpc) is 3.00. The lowest BCUT2D eigenvalue weighted by molar-refractivity contribution is 0.0985. The summed E-state index contributed by atoms with van der Waals surface area (Å²) in [6.07, 6.45) is 0. The number of hydrogen-bond donors (Lipinski definition) is 0. The summed E-state index contributed by atoms with van der Waals surface area (Å²) in [5.41, 5.74) is 3.60. The zero-order chi connectivity index (χ0) is 19.7. The molecule has 0 aliphatic carbocycles. The summed E-state index contributed by atoms with van der Waals surface area (Å²) >= 11 is 13.9. The maximum absolute atomic E-state index is 13.3. The van der Waals surface area contributed by atoms with Crippen molar-refractivity contribution in [2.24, 2.45) is 0 Å². The van der Waals surface area contributed by atoms with Crippen LogP contribution in [0, 0.1) is 13.8 Å². The van der Waals surface area contributed by atoms with E-state index >= 15 is 0 Å². The number of aromatic nitrogens is 1. The maximum Gasteiger partial charge on any atom is 0.261 e. The Labute approximate surface area is 185 Å². The van der Waals surface area contributed by atoms with E-state index in [1.165, 1.54) is 16.9 Å². The molecule has 0 radical (unpaired) electrons. The summed E-state index contributed by atoms with van der Waals surface area (Å²) in [6, 6.07) is 9.13. The van der Waals surface area contributed by atoms with Gasteiger partial charge in [-0.25, -0.2) is 4.98 Å². The minimum absolute atomic E-state index is 0. The third-order valence-corrected chi connectivity index (χ3v) is 5.81. The van der Waals surface area contributed by atoms with Crippen molar-refractivity contribution in [2.45, 2.75) is 13.8 Å². The number of benzene rings is 2. The average molecular weight is 459 g/mol. The normalized spacial score (nSPS) is 11.0. The minimum atomic E-state index is -0.196. The zero-order valence-corrected chi connectivity index (χ0v) is 19.3. The molecule has 1 aromatic heterocycles. The van der Waals surface area contributed by atoms with Gasteiger partial charge in [-0.05, 0) is 63.3 Å². The fourth-order valence-corrected chi connectivity index (χ4v) is 4.40. The molecule has 0 saturated carbocycles. The van der Waals surface area contributed by atoms with Gasteiger partial charge in [-0.2, -0.15) is 0 Å². The summed E-state index contributed by atoms with van der Waals surface area (Å²) in [6.45, 7) is 5.32. The number of amides is 1. The van der Waals surface area contributed by atoms with E-state index in [0.29, 0.717) is 33.8 Å². The third kappa shape index (κ3) is 4.97. The highest BCUT2D eigenvalue weighted by Crippen LogP contribution is 2.33. The van der Waals surface area contributed by atoms with E-state index in [9.17, 15) is 4.79 Å². The van der Waals surface area contributed by atoms with Gasteiger partial charge in [0, 0.05) is 18.1 Å². The van der Waals surface area contributed by atoms with Crippen LogP contribution in [-0.4, -0.2) is 43.0 Å². The predicted octanol–water partition coefficient (Wildman–Crippen LogP) is 5.85. The van der Waals surface area contributed by atoms with Gasteiger partial charge in [-0.3, -0.25) is 9.69 Å². The molecule has 1 heterocycles. The van der Waals surface area contributed by atoms with E-state index in [4.69, 9.17) is 28.2 Å². The van der Waals surface area contributed by atoms with Gasteiger partial charge in [0.2, 0.25) is 0 Å². The van der Waals surface area contributed by atoms with Crippen LogP contribution in [0.5, 0.6) is 0 Å². The molecule has 3 aromatic rings. The standard InChI is InChI=1S/C20H21Cl2N3OS.ClH/c1-12-9-13(2)18-17(10-12)27-20(23-18)25(8-7-24(3)4)19(26)15-11-14(21)5-6-16(15)22;/h5-6,9-11H,7-8H2,1-4H3;1H. The number of anilines is 1. The van der Waals surface area contributed by atoms with Gasteiger partial charge in [0.1, 0.15) is 0 Å². The Morgan fingerprint density at radius 3 is 2.50 bits per heavy atom. The number of aryl methyl sites for hydroxylation is 2. The molecule has 0 aliphatic heterocycles. The van der Waals surface area contributed by atoms with Crippen LogP contribution in [0.4, 0.5) is 5.13 Å². The Balaban J connectivity index is 0.00000280. The highest BCUT2D eigenvalue weighted by Gasteiger charge is 2.24. The number of carbonyl (C=O) groups excluding carboxylic acids is 1. The highest BCUT2D eigenvalue weighted by atomic mass is 35.5. The van der Waals surface area contributed by atoms with E-state index in [0.717, 1.165) is 15.8 Å². The van der Waals surface area contributed by atoms with Crippen molar-refractivity contribution in [3.63, 3.8) is 0 Å². The molecule has 28 heavy (non-hydrogen) atoms. The number of halogens is 3. The largest absolute Gasteiger partial charge is 0.308 e. The van der Waals surface area contributed by atoms with Crippen molar-refractivity contribution >= 4 is 68.2 Å². The van der Waals surface area contributed by atoms with Crippen LogP contribution in [0.2, 0.25) is 10.0 Å². The molecule has 0 aliphatic rings. The Bertz CT molecular complexity index is 1000. The van der Waals surface area contributed by atoms with Crippen molar-refractivity contribution in [1.82, 2.24) is 9.88 Å². The second-order valence-electron chi connectivity index (χ2n) is 6.81. The molecule has 0 spiro atoms. The van der Waals surface area contributed by atoms with Gasteiger partial charge in [-0.1, -0.05) is 40.6 Å². The Hall–Kier alpha value is -1.37. The first-order valence-corrected chi connectivity index (χ1v) is 10.1. The fourth-order valence-electron chi connectivity index (χ4n) is 2.87. The summed E-state index contributed by atoms with van der Waals surface area (Å²) in [4.78, 5) is 21.8. The lowest BCUT2D eigenvalue weighted by atomic mass is 10.1. The Kier molecular flexibility index (Phi) is 7.71. The molecule has 4 nitrogen and oxygen atoms in total. The number of likely N-dealkylation sites (N-methyl/N-ethyl adjacent to an activating group) is 1. The summed E-state index contributed by atoms with van der Waals surface area (Å²) < 4.78 is 1.07. The molecule has 2 aromatic carbocycles. The van der Waals surface area contributed by atoms with Gasteiger partial charge in [0.25, 0.3) is 5.91 Å². The van der Waals surface area contributed by atoms with E-state index in [-0.39, 0.29) is 18.3 Å². The summed E-state index contributed by atoms with van der Waals surface area (Å²) in [5, 5.41) is 1.53. The number of nitrogens with zero attached hydrogens (tertiary/aromatic N) is 3. The minimum Gasteiger partial charge on any atom is -0.308 e. The molecule has 1 amide bonds. The third-order valence-electron chi connectivity index (χ3n) is 4.22. The molecular formula is C20H22Cl3N3OS. The van der Waals surface area contributed by atoms with Crippen LogP contribution in [0.25, 0.3) is 10.2 Å². The quantitative estimate of drug-likeness (QED) is 0.481. The van der Waals surface area contributed by atoms with E-state index in [1.54, 1.807) is 23.1 Å². The van der Waals surface area contributed by atoms with E-state index in [1.807, 2.05) is 25.9 Å². The van der Waals surface area contributed by atoms with Crippen molar-refractivity contribution in [2.75, 3.05) is 32.1 Å². The first-order chi connectivity index (χ1) is 12.8. The van der Waals surface area contributed by atoms with Crippen molar-refractivity contribution in [1.29, 1.82) is 0 Å². The zero-order valence-electron chi connectivity index (χ0n) is 16.1. The van der Waals surface area contributed by atoms with Gasteiger partial charge >= 0.3 is 0 Å². The maximum atomic E-state index is 13.3. The Morgan fingerprint density at radius 1 is 1.11 bits per heavy atom. The fraction of sp³-hybridized carbons (Fsp3) is 0.300. The summed E-state index contributed by atoms with van der Waals surface area (Å²) in [5.74, 6) is -0.196. The second-order valence-corrected chi connectivity index (χ2v) is 8.66. The van der Waals surface area contributed by atoms with Crippen LogP contribution < -0.4 is 4.90 Å². The van der Waals surface area contributed by atoms with E-state index in [2.05, 4.69) is 19.1 Å². The monoisotopic (exact) mass is 457 g/mol. The first-order valence-electron chi connectivity index (χ1n) is 8.55. The number of hydrogen-bond acceptors (Lipinski definition) is 4. The molecule has 8 heteroatoms. The van der Waals surface area contributed by atoms with Crippen LogP contribution in [0.3, 0.4) is 0 Å². The van der Waals surface area contributed by atoms with Gasteiger partial charge in [0.05, 0.1) is 20.8 Å². The molecule has 0 atom stereocenters. The molecule has 3 rings (SSSR count). The van der Waals surface area contributed by atoms with Crippen LogP contribution >= 0.6 is 46.9 Å². The van der Waals surface area contributed by atoms with E-state index < -0.39 is 0 Å². The topological polar surface area (TPSA) is 36.4 Å². The molecule has 0 unspecified atom stereocenters. The first kappa shape index (κ1) is 22.9. The molecular weight excluding hydrogens is 437 g/mol. The second kappa shape index (κ2) is 9.42. The SMILES string of the molecule is Cc1cc(C)c2nc(N(CCN(C)C)C(=O)c3cc(Cl)ccc3Cl)sc2c1.Cl. The number of thiazole rings is 1. The molecule has 0 N–H and O–H groups in total. The number of rotatable bonds is 5. The molecule has 0 fully saturated rings. The van der Waals surface area contributed by atoms with Crippen molar-refractivity contribution in [3.8, 4) is 0 Å². The lowest BCUT2D eigenvalue weighted by Crippen LogP contribution is -2.36. The highest BCUT2D eigenvalue weighted by molar-refractivity contribution is 7.22. The number of carbonyl (C=O) groups is 1.